The molecule has 0 fully saturated rings. The largest absolute Gasteiger partial charge is 0.435 e. The molecule has 0 bridgehead atoms. The zero-order valence-electron chi connectivity index (χ0n) is 7.49. The molecule has 1 radical (unpaired) electrons. The summed E-state index contributed by atoms with van der Waals surface area (Å²) in [4.78, 5) is 0. The van der Waals surface area contributed by atoms with Crippen molar-refractivity contribution in [3.63, 3.8) is 0 Å². The van der Waals surface area contributed by atoms with Crippen LogP contribution in [0.2, 0.25) is 0 Å². The van der Waals surface area contributed by atoms with Gasteiger partial charge in [-0.1, -0.05) is 30.3 Å². The van der Waals surface area contributed by atoms with Crippen molar-refractivity contribution in [2.24, 2.45) is 5.10 Å². The van der Waals surface area contributed by atoms with E-state index in [0.717, 1.165) is 6.08 Å². The summed E-state index contributed by atoms with van der Waals surface area (Å²) in [7, 11) is 0. The summed E-state index contributed by atoms with van der Waals surface area (Å²) in [6.45, 7) is 0. The van der Waals surface area contributed by atoms with Crippen LogP contribution in [0.1, 0.15) is 5.56 Å². The molecule has 0 saturated heterocycles. The zero-order chi connectivity index (χ0) is 10.9. The van der Waals surface area contributed by atoms with Gasteiger partial charge in [-0.25, -0.2) is 0 Å². The van der Waals surface area contributed by atoms with Gasteiger partial charge in [0.25, 0.3) is 0 Å². The molecule has 1 aliphatic rings. The average molecular weight is 211 g/mol. The van der Waals surface area contributed by atoms with Crippen molar-refractivity contribution < 1.29 is 13.2 Å². The Morgan fingerprint density at radius 2 is 1.67 bits per heavy atom. The summed E-state index contributed by atoms with van der Waals surface area (Å²) in [6.07, 6.45) is -3.49. The highest BCUT2D eigenvalue weighted by Crippen LogP contribution is 2.25. The van der Waals surface area contributed by atoms with E-state index in [2.05, 4.69) is 10.5 Å². The molecule has 0 atom stereocenters. The highest BCUT2D eigenvalue weighted by atomic mass is 19.4. The lowest BCUT2D eigenvalue weighted by atomic mass is 10.1. The first-order valence-electron chi connectivity index (χ1n) is 4.20. The quantitative estimate of drug-likeness (QED) is 0.682. The Morgan fingerprint density at radius 3 is 2.20 bits per heavy atom. The van der Waals surface area contributed by atoms with E-state index in [0.29, 0.717) is 5.56 Å². The second-order valence-electron chi connectivity index (χ2n) is 2.98. The monoisotopic (exact) mass is 211 g/mol. The second-order valence-corrected chi connectivity index (χ2v) is 2.98. The van der Waals surface area contributed by atoms with Crippen LogP contribution in [0.4, 0.5) is 13.2 Å². The van der Waals surface area contributed by atoms with Gasteiger partial charge in [-0.3, -0.25) is 0 Å². The number of rotatable bonds is 1. The Kier molecular flexibility index (Phi) is 2.22. The first-order chi connectivity index (χ1) is 7.07. The van der Waals surface area contributed by atoms with Crippen LogP contribution in [-0.2, 0) is 0 Å². The molecule has 0 amide bonds. The minimum Gasteiger partial charge on any atom is -0.164 e. The smallest absolute Gasteiger partial charge is 0.164 e. The minimum absolute atomic E-state index is 0.239. The number of alkyl halides is 3. The van der Waals surface area contributed by atoms with E-state index in [4.69, 9.17) is 0 Å². The molecule has 2 nitrogen and oxygen atoms in total. The Hall–Kier alpha value is -1.78. The van der Waals surface area contributed by atoms with E-state index >= 15 is 0 Å². The van der Waals surface area contributed by atoms with Gasteiger partial charge >= 0.3 is 6.18 Å². The fourth-order valence-corrected chi connectivity index (χ4v) is 1.18. The number of benzene rings is 1. The molecule has 0 aromatic heterocycles. The van der Waals surface area contributed by atoms with Crippen LogP contribution in [0.5, 0.6) is 0 Å². The maximum Gasteiger partial charge on any atom is 0.435 e. The summed E-state index contributed by atoms with van der Waals surface area (Å²) < 4.78 is 36.6. The van der Waals surface area contributed by atoms with Crippen LogP contribution in [-0.4, -0.2) is 11.9 Å². The second kappa shape index (κ2) is 3.42. The number of allylic oxidation sites excluding steroid dienone is 1. The van der Waals surface area contributed by atoms with Gasteiger partial charge in [0.2, 0.25) is 0 Å². The van der Waals surface area contributed by atoms with Crippen molar-refractivity contribution in [3.8, 4) is 0 Å². The maximum atomic E-state index is 12.2. The first-order valence-corrected chi connectivity index (χ1v) is 4.20. The molecule has 0 aliphatic carbocycles. The van der Waals surface area contributed by atoms with Gasteiger partial charge in [0.05, 0.1) is 5.70 Å². The van der Waals surface area contributed by atoms with Crippen molar-refractivity contribution in [2.45, 2.75) is 6.18 Å². The highest BCUT2D eigenvalue weighted by molar-refractivity contribution is 6.06. The molecule has 2 rings (SSSR count). The fraction of sp³-hybridized carbons (Fsp3) is 0.100. The lowest BCUT2D eigenvalue weighted by molar-refractivity contribution is -0.0577. The third-order valence-electron chi connectivity index (χ3n) is 1.90. The van der Waals surface area contributed by atoms with Crippen LogP contribution in [0.3, 0.4) is 0 Å². The summed E-state index contributed by atoms with van der Waals surface area (Å²) in [5.74, 6) is 0. The predicted octanol–water partition coefficient (Wildman–Crippen LogP) is 2.56. The normalized spacial score (nSPS) is 15.7. The molecule has 0 N–H and O–H groups in total. The van der Waals surface area contributed by atoms with Crippen molar-refractivity contribution in [3.05, 3.63) is 42.0 Å². The Bertz CT molecular complexity index is 418. The van der Waals surface area contributed by atoms with E-state index in [1.165, 1.54) is 0 Å². The number of nitrogens with zero attached hydrogens (tertiary/aromatic N) is 2. The van der Waals surface area contributed by atoms with Crippen LogP contribution < -0.4 is 5.43 Å². The molecule has 5 heteroatoms. The van der Waals surface area contributed by atoms with Gasteiger partial charge in [-0.2, -0.15) is 13.2 Å². The molecule has 1 aliphatic heterocycles. The van der Waals surface area contributed by atoms with Gasteiger partial charge in [-0.15, -0.1) is 10.5 Å². The van der Waals surface area contributed by atoms with E-state index in [1.54, 1.807) is 30.3 Å². The molecule has 1 aromatic rings. The summed E-state index contributed by atoms with van der Waals surface area (Å²) in [5, 5.41) is 3.09. The van der Waals surface area contributed by atoms with Crippen LogP contribution in [0, 0.1) is 0 Å². The number of hydrogen-bond donors (Lipinski definition) is 0. The topological polar surface area (TPSA) is 26.5 Å². The molecular formula is C10H6F3N2. The number of hydrogen-bond acceptors (Lipinski definition) is 1. The average Bonchev–Trinajstić information content (AvgIpc) is 2.67. The maximum absolute atomic E-state index is 12.2. The Morgan fingerprint density at radius 1 is 1.00 bits per heavy atom. The van der Waals surface area contributed by atoms with E-state index in [1.807, 2.05) is 0 Å². The molecule has 1 aromatic carbocycles. The van der Waals surface area contributed by atoms with Gasteiger partial charge in [0.15, 0.2) is 5.71 Å². The van der Waals surface area contributed by atoms with Crippen LogP contribution in [0.25, 0.3) is 5.70 Å². The van der Waals surface area contributed by atoms with Gasteiger partial charge in [0, 0.05) is 5.56 Å². The Balaban J connectivity index is 2.25. The van der Waals surface area contributed by atoms with Gasteiger partial charge in [0.1, 0.15) is 0 Å². The molecule has 77 valence electrons. The predicted molar refractivity (Wildman–Crippen MR) is 50.0 cm³/mol. The molecule has 1 heterocycles. The Labute approximate surface area is 84.1 Å². The lowest BCUT2D eigenvalue weighted by Crippen LogP contribution is -2.19. The SMILES string of the molecule is FC(F)(F)C1=N[N]C(c2ccccc2)=C1. The summed E-state index contributed by atoms with van der Waals surface area (Å²) in [5.41, 5.74) is 3.39. The molecule has 0 unspecified atom stereocenters. The molecule has 0 spiro atoms. The first kappa shape index (κ1) is 9.76. The van der Waals surface area contributed by atoms with Crippen molar-refractivity contribution >= 4 is 11.4 Å². The van der Waals surface area contributed by atoms with E-state index in [9.17, 15) is 13.2 Å². The fourth-order valence-electron chi connectivity index (χ4n) is 1.18. The third-order valence-corrected chi connectivity index (χ3v) is 1.90. The zero-order valence-corrected chi connectivity index (χ0v) is 7.49. The highest BCUT2D eigenvalue weighted by Gasteiger charge is 2.37. The minimum atomic E-state index is -4.43. The van der Waals surface area contributed by atoms with Crippen LogP contribution >= 0.6 is 0 Å². The van der Waals surface area contributed by atoms with E-state index < -0.39 is 11.9 Å². The van der Waals surface area contributed by atoms with E-state index in [-0.39, 0.29) is 5.70 Å². The molecular weight excluding hydrogens is 205 g/mol. The number of halogens is 3. The third kappa shape index (κ3) is 2.01. The van der Waals surface area contributed by atoms with Crippen molar-refractivity contribution in [1.29, 1.82) is 0 Å². The van der Waals surface area contributed by atoms with Crippen molar-refractivity contribution in [1.82, 2.24) is 5.43 Å². The van der Waals surface area contributed by atoms with Gasteiger partial charge in [-0.05, 0) is 6.08 Å². The van der Waals surface area contributed by atoms with Crippen molar-refractivity contribution in [2.75, 3.05) is 0 Å². The standard InChI is InChI=1S/C10H6F3N2/c11-10(12,13)9-6-8(14-15-9)7-4-2-1-3-5-7/h1-6H. The summed E-state index contributed by atoms with van der Waals surface area (Å²) in [6, 6.07) is 8.62. The lowest BCUT2D eigenvalue weighted by Gasteiger charge is -2.00. The van der Waals surface area contributed by atoms with Gasteiger partial charge < -0.3 is 0 Å². The molecule has 15 heavy (non-hydrogen) atoms. The molecule has 0 saturated carbocycles. The summed E-state index contributed by atoms with van der Waals surface area (Å²) >= 11 is 0. The van der Waals surface area contributed by atoms with Crippen LogP contribution in [0.15, 0.2) is 41.5 Å².